The zero-order valence-corrected chi connectivity index (χ0v) is 17.5. The molecule has 7 heteroatoms. The molecule has 0 atom stereocenters. The summed E-state index contributed by atoms with van der Waals surface area (Å²) in [5.41, 5.74) is 1.08. The van der Waals surface area contributed by atoms with E-state index in [2.05, 4.69) is 21.2 Å². The number of hydrogen-bond donors (Lipinski definition) is 1. The third-order valence-corrected chi connectivity index (χ3v) is 4.23. The smallest absolute Gasteiger partial charge is 0.266 e. The molecular formula is C21H21BrN2O4. The molecule has 28 heavy (non-hydrogen) atoms. The Hall–Kier alpha value is -2.98. The van der Waals surface area contributed by atoms with Crippen LogP contribution in [-0.2, 0) is 4.79 Å². The number of anilines is 1. The van der Waals surface area contributed by atoms with E-state index in [-0.39, 0.29) is 5.57 Å². The SMILES string of the molecule is CCCOc1ccc(Br)cc1/C=C(\C#N)C(=O)Nc1ccc(OC)c(OC)c1. The molecule has 0 unspecified atom stereocenters. The van der Waals surface area contributed by atoms with Gasteiger partial charge in [0, 0.05) is 21.8 Å². The molecule has 0 aliphatic rings. The van der Waals surface area contributed by atoms with Crippen molar-refractivity contribution in [2.24, 2.45) is 0 Å². The number of halogens is 1. The average molecular weight is 445 g/mol. The first kappa shape index (κ1) is 21.3. The van der Waals surface area contributed by atoms with Crippen LogP contribution in [0.2, 0.25) is 0 Å². The molecule has 6 nitrogen and oxygen atoms in total. The number of nitrogens with zero attached hydrogens (tertiary/aromatic N) is 1. The van der Waals surface area contributed by atoms with E-state index < -0.39 is 5.91 Å². The minimum atomic E-state index is -0.531. The van der Waals surface area contributed by atoms with E-state index in [1.54, 1.807) is 30.3 Å². The minimum absolute atomic E-state index is 0.0470. The van der Waals surface area contributed by atoms with Crippen LogP contribution in [0, 0.1) is 11.3 Å². The van der Waals surface area contributed by atoms with Gasteiger partial charge in [0.15, 0.2) is 11.5 Å². The Bertz CT molecular complexity index is 919. The summed E-state index contributed by atoms with van der Waals surface area (Å²) in [6, 6.07) is 12.4. The summed E-state index contributed by atoms with van der Waals surface area (Å²) >= 11 is 3.40. The summed E-state index contributed by atoms with van der Waals surface area (Å²) in [5, 5.41) is 12.2. The highest BCUT2D eigenvalue weighted by Gasteiger charge is 2.13. The van der Waals surface area contributed by atoms with Gasteiger partial charge in [-0.1, -0.05) is 22.9 Å². The van der Waals surface area contributed by atoms with Crippen LogP contribution in [0.15, 0.2) is 46.4 Å². The normalized spacial score (nSPS) is 10.8. The Labute approximate surface area is 172 Å². The van der Waals surface area contributed by atoms with Gasteiger partial charge in [-0.15, -0.1) is 0 Å². The molecule has 0 radical (unpaired) electrons. The summed E-state index contributed by atoms with van der Waals surface area (Å²) < 4.78 is 16.9. The number of nitrogens with one attached hydrogen (secondary N) is 1. The van der Waals surface area contributed by atoms with Crippen LogP contribution in [-0.4, -0.2) is 26.7 Å². The van der Waals surface area contributed by atoms with E-state index in [0.29, 0.717) is 35.1 Å². The second kappa shape index (κ2) is 10.4. The van der Waals surface area contributed by atoms with Gasteiger partial charge in [0.25, 0.3) is 5.91 Å². The van der Waals surface area contributed by atoms with Crippen LogP contribution in [0.1, 0.15) is 18.9 Å². The maximum Gasteiger partial charge on any atom is 0.266 e. The molecule has 146 valence electrons. The lowest BCUT2D eigenvalue weighted by Crippen LogP contribution is -2.13. The molecule has 0 aliphatic carbocycles. The number of methoxy groups -OCH3 is 2. The van der Waals surface area contributed by atoms with Crippen molar-refractivity contribution in [2.75, 3.05) is 26.1 Å². The Morgan fingerprint density at radius 3 is 2.50 bits per heavy atom. The molecule has 0 heterocycles. The van der Waals surface area contributed by atoms with Crippen molar-refractivity contribution in [3.8, 4) is 23.3 Å². The van der Waals surface area contributed by atoms with Crippen molar-refractivity contribution < 1.29 is 19.0 Å². The topological polar surface area (TPSA) is 80.6 Å². The average Bonchev–Trinajstić information content (AvgIpc) is 2.71. The molecule has 0 aliphatic heterocycles. The predicted molar refractivity (Wildman–Crippen MR) is 112 cm³/mol. The fourth-order valence-electron chi connectivity index (χ4n) is 2.39. The number of carbonyl (C=O) groups excluding carboxylic acids is 1. The van der Waals surface area contributed by atoms with E-state index in [4.69, 9.17) is 14.2 Å². The lowest BCUT2D eigenvalue weighted by atomic mass is 10.1. The van der Waals surface area contributed by atoms with Gasteiger partial charge in [0.1, 0.15) is 17.4 Å². The first-order valence-corrected chi connectivity index (χ1v) is 9.39. The van der Waals surface area contributed by atoms with Crippen molar-refractivity contribution in [1.29, 1.82) is 5.26 Å². The van der Waals surface area contributed by atoms with Crippen molar-refractivity contribution in [3.05, 3.63) is 52.0 Å². The van der Waals surface area contributed by atoms with Gasteiger partial charge in [-0.3, -0.25) is 4.79 Å². The highest BCUT2D eigenvalue weighted by atomic mass is 79.9. The first-order chi connectivity index (χ1) is 13.5. The van der Waals surface area contributed by atoms with Gasteiger partial charge >= 0.3 is 0 Å². The standard InChI is InChI=1S/C21H21BrN2O4/c1-4-9-28-18-7-5-16(22)11-14(18)10-15(13-23)21(25)24-17-6-8-19(26-2)20(12-17)27-3/h5-8,10-12H,4,9H2,1-3H3,(H,24,25)/b15-10+. The van der Waals surface area contributed by atoms with Crippen LogP contribution in [0.3, 0.4) is 0 Å². The molecule has 0 saturated heterocycles. The molecule has 0 aromatic heterocycles. The Balaban J connectivity index is 2.29. The predicted octanol–water partition coefficient (Wildman–Crippen LogP) is 4.80. The molecule has 0 saturated carbocycles. The molecule has 1 N–H and O–H groups in total. The van der Waals surface area contributed by atoms with Crippen LogP contribution >= 0.6 is 15.9 Å². The number of ether oxygens (including phenoxy) is 3. The minimum Gasteiger partial charge on any atom is -0.493 e. The van der Waals surface area contributed by atoms with Gasteiger partial charge in [-0.25, -0.2) is 0 Å². The molecule has 2 rings (SSSR count). The van der Waals surface area contributed by atoms with E-state index in [1.165, 1.54) is 20.3 Å². The first-order valence-electron chi connectivity index (χ1n) is 8.59. The van der Waals surface area contributed by atoms with Crippen molar-refractivity contribution in [1.82, 2.24) is 0 Å². The quantitative estimate of drug-likeness (QED) is 0.467. The summed E-state index contributed by atoms with van der Waals surface area (Å²) in [6.07, 6.45) is 2.36. The van der Waals surface area contributed by atoms with Crippen LogP contribution < -0.4 is 19.5 Å². The maximum absolute atomic E-state index is 12.6. The number of amides is 1. The fraction of sp³-hybridized carbons (Fsp3) is 0.238. The van der Waals surface area contributed by atoms with Gasteiger partial charge < -0.3 is 19.5 Å². The zero-order valence-electron chi connectivity index (χ0n) is 15.9. The number of benzene rings is 2. The van der Waals surface area contributed by atoms with Crippen molar-refractivity contribution >= 4 is 33.6 Å². The van der Waals surface area contributed by atoms with Gasteiger partial charge in [0.2, 0.25) is 0 Å². The number of nitriles is 1. The van der Waals surface area contributed by atoms with E-state index >= 15 is 0 Å². The lowest BCUT2D eigenvalue weighted by molar-refractivity contribution is -0.112. The van der Waals surface area contributed by atoms with Gasteiger partial charge in [-0.2, -0.15) is 5.26 Å². The second-order valence-corrected chi connectivity index (χ2v) is 6.64. The molecule has 0 spiro atoms. The Kier molecular flexibility index (Phi) is 7.90. The van der Waals surface area contributed by atoms with Crippen LogP contribution in [0.25, 0.3) is 6.08 Å². The highest BCUT2D eigenvalue weighted by Crippen LogP contribution is 2.30. The largest absolute Gasteiger partial charge is 0.493 e. The summed E-state index contributed by atoms with van der Waals surface area (Å²) in [7, 11) is 3.04. The van der Waals surface area contributed by atoms with Crippen molar-refractivity contribution in [2.45, 2.75) is 13.3 Å². The Morgan fingerprint density at radius 2 is 1.86 bits per heavy atom. The Morgan fingerprint density at radius 1 is 1.14 bits per heavy atom. The molecule has 2 aromatic carbocycles. The third-order valence-electron chi connectivity index (χ3n) is 3.74. The molecule has 0 bridgehead atoms. The van der Waals surface area contributed by atoms with Crippen LogP contribution in [0.5, 0.6) is 17.2 Å². The third kappa shape index (κ3) is 5.51. The number of hydrogen-bond acceptors (Lipinski definition) is 5. The highest BCUT2D eigenvalue weighted by molar-refractivity contribution is 9.10. The van der Waals surface area contributed by atoms with Gasteiger partial charge in [0.05, 0.1) is 20.8 Å². The monoisotopic (exact) mass is 444 g/mol. The number of carbonyl (C=O) groups is 1. The zero-order chi connectivity index (χ0) is 20.5. The molecular weight excluding hydrogens is 424 g/mol. The summed E-state index contributed by atoms with van der Waals surface area (Å²) in [5.74, 6) is 1.10. The van der Waals surface area contributed by atoms with Crippen LogP contribution in [0.4, 0.5) is 5.69 Å². The van der Waals surface area contributed by atoms with Crippen molar-refractivity contribution in [3.63, 3.8) is 0 Å². The van der Waals surface area contributed by atoms with E-state index in [0.717, 1.165) is 10.9 Å². The van der Waals surface area contributed by atoms with Gasteiger partial charge in [-0.05, 0) is 42.8 Å². The summed E-state index contributed by atoms with van der Waals surface area (Å²) in [6.45, 7) is 2.55. The maximum atomic E-state index is 12.6. The van der Waals surface area contributed by atoms with E-state index in [1.807, 2.05) is 19.1 Å². The van der Waals surface area contributed by atoms with E-state index in [9.17, 15) is 10.1 Å². The number of rotatable bonds is 8. The second-order valence-electron chi connectivity index (χ2n) is 5.72. The molecule has 1 amide bonds. The fourth-order valence-corrected chi connectivity index (χ4v) is 2.77. The lowest BCUT2D eigenvalue weighted by Gasteiger charge is -2.11. The summed E-state index contributed by atoms with van der Waals surface area (Å²) in [4.78, 5) is 12.6. The molecule has 0 fully saturated rings. The molecule has 2 aromatic rings.